The fourth-order valence-electron chi connectivity index (χ4n) is 3.45. The summed E-state index contributed by atoms with van der Waals surface area (Å²) < 4.78 is 0. The van der Waals surface area contributed by atoms with Gasteiger partial charge in [-0.05, 0) is 18.3 Å². The van der Waals surface area contributed by atoms with E-state index in [1.807, 2.05) is 19.1 Å². The zero-order chi connectivity index (χ0) is 11.7. The molecule has 0 spiro atoms. The molecule has 3 aliphatic rings. The van der Waals surface area contributed by atoms with Crippen LogP contribution >= 0.6 is 23.2 Å². The molecule has 4 heteroatoms. The summed E-state index contributed by atoms with van der Waals surface area (Å²) in [7, 11) is 0. The summed E-state index contributed by atoms with van der Waals surface area (Å²) in [4.78, 5) is 24.3. The largest absolute Gasteiger partial charge is 0.293 e. The Hall–Kier alpha value is -0.600. The molecule has 0 saturated heterocycles. The van der Waals surface area contributed by atoms with Crippen LogP contribution in [0.25, 0.3) is 0 Å². The lowest BCUT2D eigenvalue weighted by atomic mass is 10.0. The van der Waals surface area contributed by atoms with Crippen LogP contribution in [-0.4, -0.2) is 11.6 Å². The maximum atomic E-state index is 12.2. The van der Waals surface area contributed by atoms with Gasteiger partial charge in [0, 0.05) is 11.3 Å². The van der Waals surface area contributed by atoms with E-state index >= 15 is 0 Å². The fourth-order valence-corrected chi connectivity index (χ4v) is 3.95. The van der Waals surface area contributed by atoms with Crippen LogP contribution in [0.2, 0.25) is 0 Å². The number of ketones is 2. The average Bonchev–Trinajstić information content (AvgIpc) is 2.83. The van der Waals surface area contributed by atoms with E-state index < -0.39 is 5.41 Å². The Kier molecular flexibility index (Phi) is 1.97. The molecule has 84 valence electrons. The van der Waals surface area contributed by atoms with Crippen molar-refractivity contribution in [3.05, 3.63) is 22.2 Å². The van der Waals surface area contributed by atoms with E-state index in [0.29, 0.717) is 0 Å². The highest BCUT2D eigenvalue weighted by molar-refractivity contribution is 6.56. The van der Waals surface area contributed by atoms with E-state index in [1.54, 1.807) is 0 Å². The lowest BCUT2D eigenvalue weighted by Crippen LogP contribution is -2.47. The third-order valence-corrected chi connectivity index (χ3v) is 5.17. The van der Waals surface area contributed by atoms with Crippen LogP contribution in [-0.2, 0) is 9.59 Å². The molecular weight excluding hydrogens is 249 g/mol. The summed E-state index contributed by atoms with van der Waals surface area (Å²) in [6.07, 6.45) is 4.94. The topological polar surface area (TPSA) is 34.1 Å². The second kappa shape index (κ2) is 2.99. The summed E-state index contributed by atoms with van der Waals surface area (Å²) in [5.41, 5.74) is -0.661. The van der Waals surface area contributed by atoms with Crippen LogP contribution in [0.3, 0.4) is 0 Å². The molecule has 0 aromatic heterocycles. The molecule has 2 nitrogen and oxygen atoms in total. The normalized spacial score (nSPS) is 45.6. The third-order valence-electron chi connectivity index (χ3n) is 4.34. The number of hydrogen-bond donors (Lipinski definition) is 0. The standard InChI is InChI=1S/C12H10Cl2O2/c1-12-6-3-2-5(4-6)7(12)10(15)8(13)9(14)11(12)16/h2-3,5-7H,4H2,1H3/t5-,6+,7?,12?/m0/s1/i7+1,12+1. The number of halogens is 2. The molecule has 0 N–H and O–H groups in total. The van der Waals surface area contributed by atoms with Gasteiger partial charge in [0.25, 0.3) is 0 Å². The van der Waals surface area contributed by atoms with Crippen molar-refractivity contribution in [2.75, 3.05) is 0 Å². The smallest absolute Gasteiger partial charge is 0.183 e. The van der Waals surface area contributed by atoms with E-state index in [1.165, 1.54) is 0 Å². The lowest BCUT2D eigenvalue weighted by Gasteiger charge is -2.39. The Morgan fingerprint density at radius 2 is 1.94 bits per heavy atom. The first-order valence-electron chi connectivity index (χ1n) is 5.30. The van der Waals surface area contributed by atoms with E-state index in [4.69, 9.17) is 23.2 Å². The Bertz CT molecular complexity index is 477. The molecule has 3 rings (SSSR count). The summed E-state index contributed by atoms with van der Waals surface area (Å²) in [5.74, 6) is -0.335. The van der Waals surface area contributed by atoms with Gasteiger partial charge in [-0.15, -0.1) is 0 Å². The van der Waals surface area contributed by atoms with E-state index in [9.17, 15) is 9.59 Å². The zero-order valence-corrected chi connectivity index (χ0v) is 10.2. The Labute approximate surface area is 103 Å². The van der Waals surface area contributed by atoms with Crippen molar-refractivity contribution in [3.8, 4) is 0 Å². The van der Waals surface area contributed by atoms with Crippen LogP contribution in [0.5, 0.6) is 0 Å². The van der Waals surface area contributed by atoms with Gasteiger partial charge in [0.2, 0.25) is 0 Å². The molecule has 0 heterocycles. The monoisotopic (exact) mass is 258 g/mol. The molecule has 1 saturated carbocycles. The second-order valence-corrected chi connectivity index (χ2v) is 5.73. The Balaban J connectivity index is 2.22. The number of allylic oxidation sites excluding steroid dienone is 4. The molecule has 1 fully saturated rings. The van der Waals surface area contributed by atoms with Gasteiger partial charge in [-0.1, -0.05) is 42.3 Å². The molecule has 3 aliphatic carbocycles. The van der Waals surface area contributed by atoms with E-state index in [0.717, 1.165) is 6.42 Å². The summed E-state index contributed by atoms with van der Waals surface area (Å²) in [6, 6.07) is 0. The van der Waals surface area contributed by atoms with Gasteiger partial charge in [0.15, 0.2) is 11.6 Å². The minimum Gasteiger partial charge on any atom is -0.293 e. The fraction of sp³-hybridized carbons (Fsp3) is 0.500. The predicted octanol–water partition coefficient (Wildman–Crippen LogP) is 2.66. The highest BCUT2D eigenvalue weighted by Crippen LogP contribution is 2.60. The number of rotatable bonds is 0. The van der Waals surface area contributed by atoms with Crippen molar-refractivity contribution in [2.45, 2.75) is 13.3 Å². The van der Waals surface area contributed by atoms with E-state index in [-0.39, 0.29) is 39.4 Å². The SMILES string of the molecule is C[13C]12C(=O)C(Cl)=C(Cl)C(=O)[13CH]1[C@H]1C=C[C@@H]2C1. The van der Waals surface area contributed by atoms with E-state index in [2.05, 4.69) is 0 Å². The quantitative estimate of drug-likeness (QED) is 0.495. The minimum atomic E-state index is -0.661. The summed E-state index contributed by atoms with van der Waals surface area (Å²) >= 11 is 11.7. The van der Waals surface area contributed by atoms with Crippen molar-refractivity contribution in [3.63, 3.8) is 0 Å². The number of Topliss-reactive ketones (excluding diaryl/α,β-unsaturated/α-hetero) is 2. The van der Waals surface area contributed by atoms with Gasteiger partial charge in [-0.25, -0.2) is 0 Å². The van der Waals surface area contributed by atoms with Crippen LogP contribution in [0, 0.1) is 23.2 Å². The first kappa shape index (κ1) is 10.5. The van der Waals surface area contributed by atoms with Crippen molar-refractivity contribution in [1.29, 1.82) is 0 Å². The zero-order valence-electron chi connectivity index (χ0n) is 8.67. The van der Waals surface area contributed by atoms with Crippen molar-refractivity contribution in [1.82, 2.24) is 0 Å². The molecule has 4 atom stereocenters. The molecule has 2 bridgehead atoms. The molecular formula is C12H10Cl2O2. The Morgan fingerprint density at radius 3 is 2.62 bits per heavy atom. The van der Waals surface area contributed by atoms with Crippen molar-refractivity contribution in [2.24, 2.45) is 23.2 Å². The van der Waals surface area contributed by atoms with Crippen LogP contribution < -0.4 is 0 Å². The highest BCUT2D eigenvalue weighted by atomic mass is 35.5. The van der Waals surface area contributed by atoms with Crippen LogP contribution in [0.15, 0.2) is 22.2 Å². The van der Waals surface area contributed by atoms with Gasteiger partial charge in [0.1, 0.15) is 10.1 Å². The molecule has 0 radical (unpaired) electrons. The second-order valence-electron chi connectivity index (χ2n) is 4.97. The first-order valence-corrected chi connectivity index (χ1v) is 6.06. The molecule has 0 aromatic carbocycles. The lowest BCUT2D eigenvalue weighted by molar-refractivity contribution is -0.136. The van der Waals surface area contributed by atoms with Gasteiger partial charge in [-0.2, -0.15) is 0 Å². The van der Waals surface area contributed by atoms with Gasteiger partial charge < -0.3 is 0 Å². The third kappa shape index (κ3) is 0.957. The Morgan fingerprint density at radius 1 is 1.25 bits per heavy atom. The maximum Gasteiger partial charge on any atom is 0.183 e. The molecule has 0 aliphatic heterocycles. The van der Waals surface area contributed by atoms with Gasteiger partial charge in [0.05, 0.1) is 0 Å². The maximum absolute atomic E-state index is 12.2. The number of carbonyl (C=O) groups excluding carboxylic acids is 2. The molecule has 2 unspecified atom stereocenters. The van der Waals surface area contributed by atoms with Crippen molar-refractivity contribution >= 4 is 34.8 Å². The number of carbonyl (C=O) groups is 2. The van der Waals surface area contributed by atoms with Crippen LogP contribution in [0.1, 0.15) is 13.3 Å². The average molecular weight is 259 g/mol. The molecule has 0 amide bonds. The number of hydrogen-bond acceptors (Lipinski definition) is 2. The molecule has 0 aromatic rings. The first-order chi connectivity index (χ1) is 7.48. The van der Waals surface area contributed by atoms with Gasteiger partial charge in [-0.3, -0.25) is 9.59 Å². The summed E-state index contributed by atoms with van der Waals surface area (Å²) in [6.45, 7) is 1.85. The summed E-state index contributed by atoms with van der Waals surface area (Å²) in [5, 5.41) is -0.151. The van der Waals surface area contributed by atoms with Gasteiger partial charge >= 0.3 is 0 Å². The van der Waals surface area contributed by atoms with Crippen molar-refractivity contribution < 1.29 is 9.59 Å². The molecule has 16 heavy (non-hydrogen) atoms. The van der Waals surface area contributed by atoms with Crippen LogP contribution in [0.4, 0.5) is 0 Å². The predicted molar refractivity (Wildman–Crippen MR) is 61.1 cm³/mol. The minimum absolute atomic E-state index is 0.0740. The number of fused-ring (bicyclic) bond motifs is 5. The highest BCUT2D eigenvalue weighted by Gasteiger charge is 2.63.